The zero-order chi connectivity index (χ0) is 20.4. The first-order chi connectivity index (χ1) is 14.0. The van der Waals surface area contributed by atoms with Crippen LogP contribution in [-0.4, -0.2) is 25.9 Å². The highest BCUT2D eigenvalue weighted by Crippen LogP contribution is 2.37. The largest absolute Gasteiger partial charge is 0.350 e. The molecule has 1 aliphatic heterocycles. The summed E-state index contributed by atoms with van der Waals surface area (Å²) in [7, 11) is 0. The van der Waals surface area contributed by atoms with Gasteiger partial charge in [-0.3, -0.25) is 25.1 Å². The fraction of sp³-hybridized carbons (Fsp3) is 0.238. The van der Waals surface area contributed by atoms with Gasteiger partial charge in [0, 0.05) is 49.7 Å². The average Bonchev–Trinajstić information content (AvgIpc) is 3.10. The predicted molar refractivity (Wildman–Crippen MR) is 107 cm³/mol. The minimum Gasteiger partial charge on any atom is -0.350 e. The summed E-state index contributed by atoms with van der Waals surface area (Å²) < 4.78 is 2.15. The van der Waals surface area contributed by atoms with E-state index in [1.165, 1.54) is 18.2 Å². The van der Waals surface area contributed by atoms with Gasteiger partial charge in [-0.15, -0.1) is 0 Å². The van der Waals surface area contributed by atoms with E-state index in [1.54, 1.807) is 18.2 Å². The molecular weight excluding hydrogens is 372 g/mol. The van der Waals surface area contributed by atoms with E-state index in [1.807, 2.05) is 30.5 Å². The van der Waals surface area contributed by atoms with E-state index in [4.69, 9.17) is 0 Å². The summed E-state index contributed by atoms with van der Waals surface area (Å²) in [5.74, 6) is 0. The second-order valence-corrected chi connectivity index (χ2v) is 7.09. The van der Waals surface area contributed by atoms with Crippen molar-refractivity contribution < 1.29 is 9.85 Å². The van der Waals surface area contributed by atoms with Gasteiger partial charge in [0.1, 0.15) is 0 Å². The molecule has 148 valence electrons. The van der Waals surface area contributed by atoms with Crippen LogP contribution in [-0.2, 0) is 13.1 Å². The van der Waals surface area contributed by atoms with Crippen LogP contribution >= 0.6 is 0 Å². The molecule has 8 nitrogen and oxygen atoms in total. The van der Waals surface area contributed by atoms with Crippen LogP contribution in [0.5, 0.6) is 0 Å². The van der Waals surface area contributed by atoms with Crippen molar-refractivity contribution in [1.29, 1.82) is 0 Å². The van der Waals surface area contributed by atoms with Crippen molar-refractivity contribution in [3.05, 3.63) is 104 Å². The van der Waals surface area contributed by atoms with Gasteiger partial charge in [0.15, 0.2) is 0 Å². The van der Waals surface area contributed by atoms with Gasteiger partial charge in [-0.05, 0) is 24.1 Å². The number of non-ortho nitro benzene ring substituents is 1. The molecule has 0 spiro atoms. The zero-order valence-corrected chi connectivity index (χ0v) is 15.7. The molecule has 1 aromatic heterocycles. The average molecular weight is 392 g/mol. The Labute approximate surface area is 167 Å². The first-order valence-electron chi connectivity index (χ1n) is 9.40. The molecule has 8 heteroatoms. The van der Waals surface area contributed by atoms with Crippen LogP contribution < -0.4 is 0 Å². The van der Waals surface area contributed by atoms with Gasteiger partial charge >= 0.3 is 0 Å². The Morgan fingerprint density at radius 3 is 2.38 bits per heavy atom. The number of benzene rings is 2. The predicted octanol–water partition coefficient (Wildman–Crippen LogP) is 4.30. The second-order valence-electron chi connectivity index (χ2n) is 7.09. The van der Waals surface area contributed by atoms with Gasteiger partial charge in [0.2, 0.25) is 0 Å². The molecule has 0 amide bonds. The smallest absolute Gasteiger partial charge is 0.274 e. The van der Waals surface area contributed by atoms with Crippen LogP contribution in [0, 0.1) is 20.2 Å². The maximum atomic E-state index is 11.7. The second kappa shape index (κ2) is 7.84. The molecule has 4 rings (SSSR count). The number of nitro benzene ring substituents is 2. The lowest BCUT2D eigenvalue weighted by molar-refractivity contribution is -0.385. The van der Waals surface area contributed by atoms with E-state index >= 15 is 0 Å². The zero-order valence-electron chi connectivity index (χ0n) is 15.7. The number of rotatable bonds is 5. The number of nitro groups is 2. The fourth-order valence-electron chi connectivity index (χ4n) is 4.01. The lowest BCUT2D eigenvalue weighted by Gasteiger charge is -2.30. The maximum absolute atomic E-state index is 11.7. The van der Waals surface area contributed by atoms with E-state index in [0.717, 1.165) is 30.8 Å². The summed E-state index contributed by atoms with van der Waals surface area (Å²) in [5, 5.41) is 22.6. The van der Waals surface area contributed by atoms with E-state index in [-0.39, 0.29) is 22.3 Å². The van der Waals surface area contributed by atoms with Gasteiger partial charge in [0.05, 0.1) is 21.5 Å². The lowest BCUT2D eigenvalue weighted by Crippen LogP contribution is -2.30. The molecular formula is C21H20N4O4. The van der Waals surface area contributed by atoms with E-state index < -0.39 is 4.92 Å². The molecule has 1 aliphatic rings. The molecule has 0 radical (unpaired) electrons. The molecule has 1 atom stereocenters. The molecule has 0 saturated heterocycles. The Kier molecular flexibility index (Phi) is 5.09. The molecule has 0 saturated carbocycles. The Bertz CT molecular complexity index is 1040. The van der Waals surface area contributed by atoms with Crippen molar-refractivity contribution in [1.82, 2.24) is 9.47 Å². The SMILES string of the molecule is O=[N+]([O-])c1ccc(CN2CCCn3cccc3[C@@H]2c2ccccc2[N+](=O)[O-])cc1. The number of para-hydroxylation sites is 1. The summed E-state index contributed by atoms with van der Waals surface area (Å²) in [4.78, 5) is 24.1. The fourth-order valence-corrected chi connectivity index (χ4v) is 4.01. The number of hydrogen-bond donors (Lipinski definition) is 0. The molecule has 0 unspecified atom stereocenters. The molecule has 2 aromatic carbocycles. The first kappa shape index (κ1) is 18.8. The molecule has 0 aliphatic carbocycles. The van der Waals surface area contributed by atoms with Crippen molar-refractivity contribution >= 4 is 11.4 Å². The standard InChI is InChI=1S/C21H20N4O4/c26-24(27)17-10-8-16(9-11-17)15-23-14-4-13-22-12-3-7-20(22)21(23)18-5-1-2-6-19(18)25(28)29/h1-3,5-12,21H,4,13-15H2/t21-/m0/s1. The summed E-state index contributed by atoms with van der Waals surface area (Å²) in [6.45, 7) is 2.14. The first-order valence-corrected chi connectivity index (χ1v) is 9.40. The van der Waals surface area contributed by atoms with E-state index in [0.29, 0.717) is 12.1 Å². The van der Waals surface area contributed by atoms with Gasteiger partial charge < -0.3 is 4.57 Å². The lowest BCUT2D eigenvalue weighted by atomic mass is 9.99. The van der Waals surface area contributed by atoms with E-state index in [2.05, 4.69) is 9.47 Å². The molecule has 2 heterocycles. The molecule has 0 bridgehead atoms. The molecule has 29 heavy (non-hydrogen) atoms. The van der Waals surface area contributed by atoms with Crippen molar-refractivity contribution in [3.8, 4) is 0 Å². The number of hydrogen-bond acceptors (Lipinski definition) is 5. The summed E-state index contributed by atoms with van der Waals surface area (Å²) in [5.41, 5.74) is 2.74. The van der Waals surface area contributed by atoms with Crippen LogP contribution in [0.1, 0.15) is 29.3 Å². The van der Waals surface area contributed by atoms with Gasteiger partial charge in [-0.1, -0.05) is 30.3 Å². The summed E-state index contributed by atoms with van der Waals surface area (Å²) in [6, 6.07) is 17.0. The number of aryl methyl sites for hydroxylation is 1. The number of nitrogens with zero attached hydrogens (tertiary/aromatic N) is 4. The summed E-state index contributed by atoms with van der Waals surface area (Å²) >= 11 is 0. The quantitative estimate of drug-likeness (QED) is 0.477. The van der Waals surface area contributed by atoms with Crippen molar-refractivity contribution in [3.63, 3.8) is 0 Å². The van der Waals surface area contributed by atoms with Gasteiger partial charge in [0.25, 0.3) is 11.4 Å². The monoisotopic (exact) mass is 392 g/mol. The molecule has 0 N–H and O–H groups in total. The van der Waals surface area contributed by atoms with Crippen molar-refractivity contribution in [2.45, 2.75) is 25.6 Å². The van der Waals surface area contributed by atoms with Crippen LogP contribution in [0.3, 0.4) is 0 Å². The van der Waals surface area contributed by atoms with Crippen LogP contribution in [0.15, 0.2) is 66.9 Å². The highest BCUT2D eigenvalue weighted by molar-refractivity contribution is 5.46. The minimum absolute atomic E-state index is 0.0498. The maximum Gasteiger partial charge on any atom is 0.274 e. The molecule has 0 fully saturated rings. The molecule has 3 aromatic rings. The van der Waals surface area contributed by atoms with Crippen LogP contribution in [0.25, 0.3) is 0 Å². The van der Waals surface area contributed by atoms with Crippen LogP contribution in [0.2, 0.25) is 0 Å². The summed E-state index contributed by atoms with van der Waals surface area (Å²) in [6.07, 6.45) is 2.91. The van der Waals surface area contributed by atoms with Crippen LogP contribution in [0.4, 0.5) is 11.4 Å². The van der Waals surface area contributed by atoms with E-state index in [9.17, 15) is 20.2 Å². The third-order valence-electron chi connectivity index (χ3n) is 5.32. The van der Waals surface area contributed by atoms with Crippen molar-refractivity contribution in [2.24, 2.45) is 0 Å². The third-order valence-corrected chi connectivity index (χ3v) is 5.32. The minimum atomic E-state index is -0.418. The normalized spacial score (nSPS) is 16.8. The number of aromatic nitrogens is 1. The Hall–Kier alpha value is -3.52. The highest BCUT2D eigenvalue weighted by Gasteiger charge is 2.32. The van der Waals surface area contributed by atoms with Gasteiger partial charge in [-0.2, -0.15) is 0 Å². The topological polar surface area (TPSA) is 94.5 Å². The van der Waals surface area contributed by atoms with Crippen molar-refractivity contribution in [2.75, 3.05) is 6.54 Å². The Morgan fingerprint density at radius 1 is 0.897 bits per heavy atom. The van der Waals surface area contributed by atoms with Gasteiger partial charge in [-0.25, -0.2) is 0 Å². The third kappa shape index (κ3) is 3.74. The highest BCUT2D eigenvalue weighted by atomic mass is 16.6. The Balaban J connectivity index is 1.75. The Morgan fingerprint density at radius 2 is 1.66 bits per heavy atom. The number of fused-ring (bicyclic) bond motifs is 1.